The van der Waals surface area contributed by atoms with E-state index in [0.29, 0.717) is 0 Å². The molecule has 1 aliphatic heterocycles. The molecule has 0 saturated heterocycles. The highest BCUT2D eigenvalue weighted by Crippen LogP contribution is 2.32. The number of rotatable bonds is 6. The third-order valence-electron chi connectivity index (χ3n) is 3.22. The van der Waals surface area contributed by atoms with E-state index < -0.39 is 0 Å². The summed E-state index contributed by atoms with van der Waals surface area (Å²) in [6.45, 7) is 5.87. The Morgan fingerprint density at radius 2 is 2.05 bits per heavy atom. The van der Waals surface area contributed by atoms with Gasteiger partial charge in [0.25, 0.3) is 0 Å². The summed E-state index contributed by atoms with van der Waals surface area (Å²) >= 11 is 0. The number of allylic oxidation sites excluding steroid dienone is 2. The molecule has 1 aromatic carbocycles. The molecule has 0 radical (unpaired) electrons. The van der Waals surface area contributed by atoms with Crippen LogP contribution in [0.2, 0.25) is 0 Å². The van der Waals surface area contributed by atoms with Crippen molar-refractivity contribution in [1.82, 2.24) is 4.90 Å². The number of hydrogen-bond acceptors (Lipinski definition) is 3. The van der Waals surface area contributed by atoms with Gasteiger partial charge in [-0.1, -0.05) is 31.2 Å². The number of ether oxygens (including phenoxy) is 2. The lowest BCUT2D eigenvalue weighted by Gasteiger charge is -2.17. The molecule has 0 aromatic heterocycles. The van der Waals surface area contributed by atoms with Crippen molar-refractivity contribution in [3.8, 4) is 11.5 Å². The van der Waals surface area contributed by atoms with Crippen LogP contribution in [-0.4, -0.2) is 30.7 Å². The molecule has 0 bridgehead atoms. The minimum Gasteiger partial charge on any atom is -0.454 e. The lowest BCUT2D eigenvalue weighted by atomic mass is 10.2. The van der Waals surface area contributed by atoms with Crippen molar-refractivity contribution in [3.05, 3.63) is 42.0 Å². The Kier molecular flexibility index (Phi) is 5.43. The summed E-state index contributed by atoms with van der Waals surface area (Å²) in [5.41, 5.74) is 1.01. The maximum atomic E-state index is 11.9. The minimum absolute atomic E-state index is 0.0506. The van der Waals surface area contributed by atoms with E-state index in [2.05, 4.69) is 6.92 Å². The van der Waals surface area contributed by atoms with E-state index in [4.69, 9.17) is 9.47 Å². The second-order valence-corrected chi connectivity index (χ2v) is 4.75. The van der Waals surface area contributed by atoms with Crippen LogP contribution in [0.1, 0.15) is 25.8 Å². The van der Waals surface area contributed by atoms with Gasteiger partial charge in [-0.2, -0.15) is 0 Å². The average molecular weight is 287 g/mol. The fraction of sp³-hybridized carbons (Fsp3) is 0.353. The van der Waals surface area contributed by atoms with Gasteiger partial charge in [-0.3, -0.25) is 4.79 Å². The van der Waals surface area contributed by atoms with Gasteiger partial charge in [-0.25, -0.2) is 0 Å². The summed E-state index contributed by atoms with van der Waals surface area (Å²) in [6.07, 6.45) is 8.13. The zero-order valence-electron chi connectivity index (χ0n) is 12.5. The second-order valence-electron chi connectivity index (χ2n) is 4.75. The third-order valence-corrected chi connectivity index (χ3v) is 3.22. The van der Waals surface area contributed by atoms with Crippen molar-refractivity contribution in [2.45, 2.75) is 20.3 Å². The monoisotopic (exact) mass is 287 g/mol. The smallest absolute Gasteiger partial charge is 0.246 e. The van der Waals surface area contributed by atoms with E-state index in [1.165, 1.54) is 0 Å². The molecule has 0 atom stereocenters. The molecule has 0 aliphatic carbocycles. The molecular formula is C17H21NO3. The van der Waals surface area contributed by atoms with Crippen molar-refractivity contribution in [2.75, 3.05) is 19.9 Å². The molecule has 2 rings (SSSR count). The van der Waals surface area contributed by atoms with Gasteiger partial charge in [0.2, 0.25) is 12.7 Å². The van der Waals surface area contributed by atoms with Crippen LogP contribution in [0, 0.1) is 0 Å². The SMILES string of the molecule is CCCN(CC)C(=O)C=CC=Cc1ccc2c(c1)OCO2. The Balaban J connectivity index is 1.92. The normalized spacial score (nSPS) is 13.2. The molecule has 4 heteroatoms. The zero-order valence-corrected chi connectivity index (χ0v) is 12.5. The predicted molar refractivity (Wildman–Crippen MR) is 83.3 cm³/mol. The number of likely N-dealkylation sites (N-methyl/N-ethyl adjacent to an activating group) is 1. The fourth-order valence-corrected chi connectivity index (χ4v) is 2.12. The highest BCUT2D eigenvalue weighted by atomic mass is 16.7. The standard InChI is InChI=1S/C17H21NO3/c1-3-11-18(4-2)17(19)8-6-5-7-14-9-10-15-16(12-14)21-13-20-15/h5-10,12H,3-4,11,13H2,1-2H3. The Labute approximate surface area is 125 Å². The molecule has 0 unspecified atom stereocenters. The fourth-order valence-electron chi connectivity index (χ4n) is 2.12. The molecule has 21 heavy (non-hydrogen) atoms. The lowest BCUT2D eigenvalue weighted by molar-refractivity contribution is -0.125. The minimum atomic E-state index is 0.0506. The largest absolute Gasteiger partial charge is 0.454 e. The molecule has 112 valence electrons. The molecule has 1 heterocycles. The highest BCUT2D eigenvalue weighted by molar-refractivity contribution is 5.88. The average Bonchev–Trinajstić information content (AvgIpc) is 2.96. The topological polar surface area (TPSA) is 38.8 Å². The molecule has 0 fully saturated rings. The first kappa shape index (κ1) is 15.2. The third kappa shape index (κ3) is 4.12. The summed E-state index contributed by atoms with van der Waals surface area (Å²) in [5, 5.41) is 0. The van der Waals surface area contributed by atoms with Crippen molar-refractivity contribution >= 4 is 12.0 Å². The molecule has 1 aromatic rings. The van der Waals surface area contributed by atoms with Gasteiger partial charge in [-0.05, 0) is 31.0 Å². The highest BCUT2D eigenvalue weighted by Gasteiger charge is 2.12. The quantitative estimate of drug-likeness (QED) is 0.595. The van der Waals surface area contributed by atoms with Crippen LogP contribution >= 0.6 is 0 Å². The molecular weight excluding hydrogens is 266 g/mol. The second kappa shape index (κ2) is 7.53. The van der Waals surface area contributed by atoms with Gasteiger partial charge in [0.1, 0.15) is 0 Å². The van der Waals surface area contributed by atoms with Crippen LogP contribution in [0.4, 0.5) is 0 Å². The van der Waals surface area contributed by atoms with Crippen molar-refractivity contribution in [2.24, 2.45) is 0 Å². The molecule has 1 aliphatic rings. The summed E-state index contributed by atoms with van der Waals surface area (Å²) in [5.74, 6) is 1.59. The van der Waals surface area contributed by atoms with E-state index in [1.54, 1.807) is 12.2 Å². The Bertz CT molecular complexity index is 549. The van der Waals surface area contributed by atoms with Crippen LogP contribution in [0.5, 0.6) is 11.5 Å². The van der Waals surface area contributed by atoms with Gasteiger partial charge < -0.3 is 14.4 Å². The van der Waals surface area contributed by atoms with Gasteiger partial charge in [-0.15, -0.1) is 0 Å². The number of nitrogens with zero attached hydrogens (tertiary/aromatic N) is 1. The van der Waals surface area contributed by atoms with Crippen molar-refractivity contribution in [1.29, 1.82) is 0 Å². The van der Waals surface area contributed by atoms with Crippen LogP contribution < -0.4 is 9.47 Å². The van der Waals surface area contributed by atoms with Gasteiger partial charge in [0, 0.05) is 19.2 Å². The first-order valence-corrected chi connectivity index (χ1v) is 7.28. The van der Waals surface area contributed by atoms with Crippen molar-refractivity contribution < 1.29 is 14.3 Å². The number of hydrogen-bond donors (Lipinski definition) is 0. The van der Waals surface area contributed by atoms with Crippen molar-refractivity contribution in [3.63, 3.8) is 0 Å². The predicted octanol–water partition coefficient (Wildman–Crippen LogP) is 3.24. The summed E-state index contributed by atoms with van der Waals surface area (Å²) in [4.78, 5) is 13.7. The molecule has 0 spiro atoms. The number of carbonyl (C=O) groups excluding carboxylic acids is 1. The van der Waals surface area contributed by atoms with Crippen LogP contribution in [0.25, 0.3) is 6.08 Å². The number of carbonyl (C=O) groups is 1. The maximum absolute atomic E-state index is 11.9. The van der Waals surface area contributed by atoms with Crippen LogP contribution in [0.3, 0.4) is 0 Å². The van der Waals surface area contributed by atoms with Gasteiger partial charge in [0.05, 0.1) is 0 Å². The van der Waals surface area contributed by atoms with Gasteiger partial charge in [0.15, 0.2) is 11.5 Å². The molecule has 0 saturated carbocycles. The Morgan fingerprint density at radius 3 is 2.81 bits per heavy atom. The van der Waals surface area contributed by atoms with Crippen LogP contribution in [0.15, 0.2) is 36.4 Å². The molecule has 0 N–H and O–H groups in total. The van der Waals surface area contributed by atoms with E-state index in [0.717, 1.165) is 36.6 Å². The molecule has 1 amide bonds. The number of amides is 1. The lowest BCUT2D eigenvalue weighted by Crippen LogP contribution is -2.29. The van der Waals surface area contributed by atoms with E-state index >= 15 is 0 Å². The van der Waals surface area contributed by atoms with Crippen LogP contribution in [-0.2, 0) is 4.79 Å². The number of benzene rings is 1. The van der Waals surface area contributed by atoms with E-state index in [-0.39, 0.29) is 12.7 Å². The van der Waals surface area contributed by atoms with E-state index in [1.807, 2.05) is 42.2 Å². The first-order chi connectivity index (χ1) is 10.2. The summed E-state index contributed by atoms with van der Waals surface area (Å²) in [6, 6.07) is 5.76. The van der Waals surface area contributed by atoms with Gasteiger partial charge >= 0.3 is 0 Å². The summed E-state index contributed by atoms with van der Waals surface area (Å²) < 4.78 is 10.6. The first-order valence-electron chi connectivity index (χ1n) is 7.28. The maximum Gasteiger partial charge on any atom is 0.246 e. The number of fused-ring (bicyclic) bond motifs is 1. The molecule has 4 nitrogen and oxygen atoms in total. The Hall–Kier alpha value is -2.23. The zero-order chi connectivity index (χ0) is 15.1. The van der Waals surface area contributed by atoms with E-state index in [9.17, 15) is 4.79 Å². The Morgan fingerprint density at radius 1 is 1.24 bits per heavy atom. The summed E-state index contributed by atoms with van der Waals surface area (Å²) in [7, 11) is 0.